The molecule has 1 fully saturated rings. The highest BCUT2D eigenvalue weighted by atomic mass is 16.5. The van der Waals surface area contributed by atoms with Crippen LogP contribution in [0, 0.1) is 0 Å². The van der Waals surface area contributed by atoms with Crippen LogP contribution in [0.1, 0.15) is 38.2 Å². The van der Waals surface area contributed by atoms with Crippen LogP contribution in [-0.2, 0) is 27.4 Å². The van der Waals surface area contributed by atoms with Gasteiger partial charge in [0.15, 0.2) is 0 Å². The standard InChI is InChI=1S/C15H25N3O3/c1-2-6-18-10-13(9-17-18)8-16-15(19)12-20-11-14-5-3-4-7-21-14/h9-10,14H,2-8,11-12H2,1H3,(H,16,19)/t14-/m0/s1. The van der Waals surface area contributed by atoms with Gasteiger partial charge in [-0.05, 0) is 25.7 Å². The minimum atomic E-state index is -0.103. The van der Waals surface area contributed by atoms with Crippen molar-refractivity contribution in [1.82, 2.24) is 15.1 Å². The lowest BCUT2D eigenvalue weighted by atomic mass is 10.1. The van der Waals surface area contributed by atoms with Crippen molar-refractivity contribution < 1.29 is 14.3 Å². The maximum Gasteiger partial charge on any atom is 0.246 e. The molecule has 0 aromatic carbocycles. The molecule has 0 radical (unpaired) electrons. The summed E-state index contributed by atoms with van der Waals surface area (Å²) in [7, 11) is 0. The molecule has 21 heavy (non-hydrogen) atoms. The molecule has 0 unspecified atom stereocenters. The lowest BCUT2D eigenvalue weighted by molar-refractivity contribution is -0.128. The molecule has 0 aliphatic carbocycles. The summed E-state index contributed by atoms with van der Waals surface area (Å²) >= 11 is 0. The molecule has 1 N–H and O–H groups in total. The van der Waals surface area contributed by atoms with E-state index in [4.69, 9.17) is 9.47 Å². The fourth-order valence-electron chi connectivity index (χ4n) is 2.32. The predicted molar refractivity (Wildman–Crippen MR) is 78.8 cm³/mol. The summed E-state index contributed by atoms with van der Waals surface area (Å²) in [6, 6.07) is 0. The number of hydrogen-bond acceptors (Lipinski definition) is 4. The number of aryl methyl sites for hydroxylation is 1. The summed E-state index contributed by atoms with van der Waals surface area (Å²) in [5, 5.41) is 7.06. The first-order valence-corrected chi connectivity index (χ1v) is 7.75. The van der Waals surface area contributed by atoms with Crippen LogP contribution in [0.3, 0.4) is 0 Å². The summed E-state index contributed by atoms with van der Waals surface area (Å²) in [4.78, 5) is 11.7. The molecular formula is C15H25N3O3. The van der Waals surface area contributed by atoms with E-state index in [0.29, 0.717) is 13.2 Å². The minimum absolute atomic E-state index is 0.0863. The molecule has 1 saturated heterocycles. The Morgan fingerprint density at radius 1 is 1.57 bits per heavy atom. The largest absolute Gasteiger partial charge is 0.376 e. The summed E-state index contributed by atoms with van der Waals surface area (Å²) in [5.41, 5.74) is 1.01. The maximum atomic E-state index is 11.7. The molecule has 0 spiro atoms. The van der Waals surface area contributed by atoms with Gasteiger partial charge in [-0.15, -0.1) is 0 Å². The average molecular weight is 295 g/mol. The van der Waals surface area contributed by atoms with E-state index in [1.54, 1.807) is 6.20 Å². The van der Waals surface area contributed by atoms with Crippen LogP contribution in [0.15, 0.2) is 12.4 Å². The molecule has 2 heterocycles. The van der Waals surface area contributed by atoms with Crippen LogP contribution >= 0.6 is 0 Å². The van der Waals surface area contributed by atoms with Gasteiger partial charge in [0.05, 0.1) is 18.9 Å². The highest BCUT2D eigenvalue weighted by Gasteiger charge is 2.14. The third-order valence-electron chi connectivity index (χ3n) is 3.44. The topological polar surface area (TPSA) is 65.4 Å². The van der Waals surface area contributed by atoms with E-state index in [-0.39, 0.29) is 18.6 Å². The number of carbonyl (C=O) groups excluding carboxylic acids is 1. The average Bonchev–Trinajstić information content (AvgIpc) is 2.94. The number of nitrogens with zero attached hydrogens (tertiary/aromatic N) is 2. The molecule has 1 amide bonds. The van der Waals surface area contributed by atoms with E-state index in [0.717, 1.165) is 38.0 Å². The summed E-state index contributed by atoms with van der Waals surface area (Å²) < 4.78 is 12.8. The summed E-state index contributed by atoms with van der Waals surface area (Å²) in [5.74, 6) is -0.103. The predicted octanol–water partition coefficient (Wildman–Crippen LogP) is 1.49. The first-order valence-electron chi connectivity index (χ1n) is 7.75. The van der Waals surface area contributed by atoms with Gasteiger partial charge < -0.3 is 14.8 Å². The third-order valence-corrected chi connectivity index (χ3v) is 3.44. The lowest BCUT2D eigenvalue weighted by Gasteiger charge is -2.22. The van der Waals surface area contributed by atoms with Crippen LogP contribution in [-0.4, -0.2) is 41.6 Å². The Morgan fingerprint density at radius 2 is 2.48 bits per heavy atom. The van der Waals surface area contributed by atoms with Crippen LogP contribution in [0.25, 0.3) is 0 Å². The van der Waals surface area contributed by atoms with Crippen LogP contribution in [0.4, 0.5) is 0 Å². The van der Waals surface area contributed by atoms with Crippen molar-refractivity contribution in [2.75, 3.05) is 19.8 Å². The van der Waals surface area contributed by atoms with E-state index in [1.165, 1.54) is 6.42 Å². The van der Waals surface area contributed by atoms with Crippen molar-refractivity contribution >= 4 is 5.91 Å². The van der Waals surface area contributed by atoms with Crippen LogP contribution in [0.2, 0.25) is 0 Å². The number of hydrogen-bond donors (Lipinski definition) is 1. The fourth-order valence-corrected chi connectivity index (χ4v) is 2.32. The second-order valence-electron chi connectivity index (χ2n) is 5.39. The van der Waals surface area contributed by atoms with Crippen molar-refractivity contribution in [1.29, 1.82) is 0 Å². The highest BCUT2D eigenvalue weighted by Crippen LogP contribution is 2.12. The van der Waals surface area contributed by atoms with Gasteiger partial charge in [0, 0.05) is 31.5 Å². The van der Waals surface area contributed by atoms with E-state index in [2.05, 4.69) is 17.3 Å². The fraction of sp³-hybridized carbons (Fsp3) is 0.733. The highest BCUT2D eigenvalue weighted by molar-refractivity contribution is 5.77. The molecule has 1 aliphatic heterocycles. The zero-order chi connectivity index (χ0) is 14.9. The molecule has 1 atom stereocenters. The Bertz CT molecular complexity index is 428. The van der Waals surface area contributed by atoms with E-state index < -0.39 is 0 Å². The Kier molecular flexibility index (Phi) is 6.69. The molecule has 1 aromatic heterocycles. The monoisotopic (exact) mass is 295 g/mol. The number of amides is 1. The molecule has 0 bridgehead atoms. The Morgan fingerprint density at radius 3 is 3.24 bits per heavy atom. The minimum Gasteiger partial charge on any atom is -0.376 e. The molecule has 1 aromatic rings. The van der Waals surface area contributed by atoms with Gasteiger partial charge >= 0.3 is 0 Å². The van der Waals surface area contributed by atoms with Gasteiger partial charge in [0.1, 0.15) is 6.61 Å². The molecule has 6 heteroatoms. The van der Waals surface area contributed by atoms with Gasteiger partial charge in [-0.25, -0.2) is 0 Å². The zero-order valence-electron chi connectivity index (χ0n) is 12.7. The summed E-state index contributed by atoms with van der Waals surface area (Å²) in [6.45, 7) is 4.90. The first kappa shape index (κ1) is 16.0. The van der Waals surface area contributed by atoms with E-state index >= 15 is 0 Å². The van der Waals surface area contributed by atoms with Crippen LogP contribution in [0.5, 0.6) is 0 Å². The van der Waals surface area contributed by atoms with Crippen molar-refractivity contribution in [3.8, 4) is 0 Å². The number of aromatic nitrogens is 2. The van der Waals surface area contributed by atoms with Crippen molar-refractivity contribution in [3.05, 3.63) is 18.0 Å². The second kappa shape index (κ2) is 8.79. The Hall–Kier alpha value is -1.40. The molecule has 1 aliphatic rings. The quantitative estimate of drug-likeness (QED) is 0.789. The zero-order valence-corrected chi connectivity index (χ0v) is 12.7. The smallest absolute Gasteiger partial charge is 0.246 e. The van der Waals surface area contributed by atoms with Gasteiger partial charge in [0.25, 0.3) is 0 Å². The Labute approximate surface area is 125 Å². The number of carbonyl (C=O) groups is 1. The molecular weight excluding hydrogens is 270 g/mol. The van der Waals surface area contributed by atoms with Crippen molar-refractivity contribution in [2.45, 2.75) is 51.8 Å². The first-order chi connectivity index (χ1) is 10.3. The van der Waals surface area contributed by atoms with Crippen LogP contribution < -0.4 is 5.32 Å². The molecule has 0 saturated carbocycles. The molecule has 118 valence electrons. The number of nitrogens with one attached hydrogen (secondary N) is 1. The second-order valence-corrected chi connectivity index (χ2v) is 5.39. The molecule has 2 rings (SSSR count). The number of ether oxygens (including phenoxy) is 2. The van der Waals surface area contributed by atoms with Gasteiger partial charge in [-0.1, -0.05) is 6.92 Å². The van der Waals surface area contributed by atoms with E-state index in [9.17, 15) is 4.79 Å². The van der Waals surface area contributed by atoms with Crippen molar-refractivity contribution in [3.63, 3.8) is 0 Å². The van der Waals surface area contributed by atoms with E-state index in [1.807, 2.05) is 10.9 Å². The normalized spacial score (nSPS) is 18.6. The maximum absolute atomic E-state index is 11.7. The van der Waals surface area contributed by atoms with Crippen molar-refractivity contribution in [2.24, 2.45) is 0 Å². The molecule has 6 nitrogen and oxygen atoms in total. The number of rotatable bonds is 8. The van der Waals surface area contributed by atoms with Gasteiger partial charge in [-0.2, -0.15) is 5.10 Å². The Balaban J connectivity index is 1.58. The SMILES string of the molecule is CCCn1cc(CNC(=O)COC[C@@H]2CCCCO2)cn1. The summed E-state index contributed by atoms with van der Waals surface area (Å²) in [6.07, 6.45) is 8.28. The third kappa shape index (κ3) is 5.85. The lowest BCUT2D eigenvalue weighted by Crippen LogP contribution is -2.30. The van der Waals surface area contributed by atoms with Gasteiger partial charge in [0.2, 0.25) is 5.91 Å². The van der Waals surface area contributed by atoms with Gasteiger partial charge in [-0.3, -0.25) is 9.48 Å².